The molecule has 2 fully saturated rings. The number of aromatic amines is 1. The van der Waals surface area contributed by atoms with Gasteiger partial charge in [-0.1, -0.05) is 0 Å². The Bertz CT molecular complexity index is 569. The number of H-pyrrole nitrogens is 1. The van der Waals surface area contributed by atoms with Gasteiger partial charge < -0.3 is 9.88 Å². The first-order valence-electron chi connectivity index (χ1n) is 8.27. The number of hydrazine groups is 1. The highest BCUT2D eigenvalue weighted by Crippen LogP contribution is 2.18. The molecule has 0 unspecified atom stereocenters. The average molecular weight is 319 g/mol. The largest absolute Gasteiger partial charge is 0.358 e. The van der Waals surface area contributed by atoms with E-state index in [1.54, 1.807) is 12.3 Å². The number of aromatic nitrogens is 1. The number of carbonyl (C=O) groups excluding carboxylic acids is 2. The van der Waals surface area contributed by atoms with Crippen molar-refractivity contribution in [2.75, 3.05) is 39.3 Å². The molecule has 126 valence electrons. The topological polar surface area (TPSA) is 85.7 Å². The van der Waals surface area contributed by atoms with Crippen LogP contribution in [0.2, 0.25) is 0 Å². The maximum absolute atomic E-state index is 12.5. The maximum Gasteiger partial charge on any atom is 0.255 e. The summed E-state index contributed by atoms with van der Waals surface area (Å²) in [5.74, 6) is 5.76. The number of hydrogen-bond acceptors (Lipinski definition) is 5. The fraction of sp³-hybridized carbons (Fsp3) is 0.625. The molecule has 3 heterocycles. The van der Waals surface area contributed by atoms with Gasteiger partial charge in [-0.15, -0.1) is 0 Å². The fourth-order valence-corrected chi connectivity index (χ4v) is 3.44. The van der Waals surface area contributed by atoms with Crippen molar-refractivity contribution in [3.8, 4) is 0 Å². The molecule has 0 radical (unpaired) electrons. The molecule has 0 atom stereocenters. The third-order valence-electron chi connectivity index (χ3n) is 4.93. The quantitative estimate of drug-likeness (QED) is 0.619. The van der Waals surface area contributed by atoms with Crippen LogP contribution in [0.5, 0.6) is 0 Å². The lowest BCUT2D eigenvalue weighted by atomic mass is 10.0. The second-order valence-corrected chi connectivity index (χ2v) is 6.45. The Morgan fingerprint density at radius 2 is 1.78 bits per heavy atom. The van der Waals surface area contributed by atoms with Gasteiger partial charge in [0.15, 0.2) is 5.78 Å². The zero-order valence-electron chi connectivity index (χ0n) is 13.6. The van der Waals surface area contributed by atoms with Gasteiger partial charge in [0.1, 0.15) is 0 Å². The van der Waals surface area contributed by atoms with Crippen molar-refractivity contribution < 1.29 is 9.59 Å². The van der Waals surface area contributed by atoms with Crippen LogP contribution in [0.3, 0.4) is 0 Å². The van der Waals surface area contributed by atoms with Crippen LogP contribution < -0.4 is 5.84 Å². The van der Waals surface area contributed by atoms with Gasteiger partial charge in [-0.2, -0.15) is 0 Å². The van der Waals surface area contributed by atoms with E-state index in [0.29, 0.717) is 17.3 Å². The van der Waals surface area contributed by atoms with Gasteiger partial charge in [-0.05, 0) is 18.9 Å². The van der Waals surface area contributed by atoms with Crippen LogP contribution in [0, 0.1) is 0 Å². The number of piperidine rings is 1. The minimum atomic E-state index is -0.0554. The molecule has 23 heavy (non-hydrogen) atoms. The minimum absolute atomic E-state index is 0.00479. The molecule has 1 aromatic heterocycles. The minimum Gasteiger partial charge on any atom is -0.358 e. The third-order valence-corrected chi connectivity index (χ3v) is 4.93. The van der Waals surface area contributed by atoms with Crippen LogP contribution in [0.15, 0.2) is 12.3 Å². The van der Waals surface area contributed by atoms with Crippen LogP contribution >= 0.6 is 0 Å². The van der Waals surface area contributed by atoms with Gasteiger partial charge in [0.05, 0.1) is 11.3 Å². The van der Waals surface area contributed by atoms with Gasteiger partial charge in [-0.25, -0.2) is 5.01 Å². The Labute approximate surface area is 136 Å². The van der Waals surface area contributed by atoms with Crippen molar-refractivity contribution in [3.05, 3.63) is 23.5 Å². The molecule has 2 saturated heterocycles. The molecule has 0 aromatic carbocycles. The van der Waals surface area contributed by atoms with Gasteiger partial charge in [0.2, 0.25) is 0 Å². The van der Waals surface area contributed by atoms with Gasteiger partial charge in [-0.3, -0.25) is 20.3 Å². The first-order chi connectivity index (χ1) is 11.0. The van der Waals surface area contributed by atoms with E-state index in [1.807, 2.05) is 9.91 Å². The summed E-state index contributed by atoms with van der Waals surface area (Å²) in [5, 5.41) is 1.88. The van der Waals surface area contributed by atoms with Crippen LogP contribution in [0.4, 0.5) is 0 Å². The molecule has 0 bridgehead atoms. The summed E-state index contributed by atoms with van der Waals surface area (Å²) in [7, 11) is 0. The Balaban J connectivity index is 1.53. The Morgan fingerprint density at radius 1 is 1.13 bits per heavy atom. The predicted octanol–water partition coefficient (Wildman–Crippen LogP) is 0.313. The zero-order chi connectivity index (χ0) is 16.4. The number of rotatable bonds is 3. The highest BCUT2D eigenvalue weighted by atomic mass is 16.2. The molecule has 1 amide bonds. The lowest BCUT2D eigenvalue weighted by Crippen LogP contribution is -2.54. The Morgan fingerprint density at radius 3 is 2.35 bits per heavy atom. The molecule has 3 N–H and O–H groups in total. The smallest absolute Gasteiger partial charge is 0.255 e. The number of nitrogens with one attached hydrogen (secondary N) is 1. The number of nitrogens with zero attached hydrogens (tertiary/aromatic N) is 3. The molecule has 0 spiro atoms. The number of nitrogens with two attached hydrogens (primary N) is 1. The van der Waals surface area contributed by atoms with Crippen LogP contribution in [0.25, 0.3) is 0 Å². The van der Waals surface area contributed by atoms with Crippen molar-refractivity contribution in [2.45, 2.75) is 25.8 Å². The van der Waals surface area contributed by atoms with Crippen molar-refractivity contribution >= 4 is 11.7 Å². The normalized spacial score (nSPS) is 21.6. The Hall–Kier alpha value is -1.70. The standard InChI is InChI=1S/C16H25N5O2/c1-12(22)15-10-13(11-18-15)16(23)20-8-6-19(7-9-20)14-2-4-21(17)5-3-14/h10-11,14,18H,2-9,17H2,1H3. The molecule has 0 saturated carbocycles. The van der Waals surface area contributed by atoms with Gasteiger partial charge >= 0.3 is 0 Å². The van der Waals surface area contributed by atoms with Gasteiger partial charge in [0.25, 0.3) is 5.91 Å². The lowest BCUT2D eigenvalue weighted by molar-refractivity contribution is 0.0453. The summed E-state index contributed by atoms with van der Waals surface area (Å²) in [5.41, 5.74) is 1.06. The maximum atomic E-state index is 12.5. The van der Waals surface area contributed by atoms with Crippen molar-refractivity contribution in [1.82, 2.24) is 19.8 Å². The molecule has 2 aliphatic heterocycles. The molecule has 7 heteroatoms. The predicted molar refractivity (Wildman–Crippen MR) is 87.1 cm³/mol. The van der Waals surface area contributed by atoms with Crippen LogP contribution in [-0.4, -0.2) is 76.8 Å². The van der Waals surface area contributed by atoms with E-state index in [0.717, 1.165) is 52.1 Å². The second kappa shape index (κ2) is 6.82. The van der Waals surface area contributed by atoms with E-state index in [1.165, 1.54) is 6.92 Å². The number of piperazine rings is 1. The Kier molecular flexibility index (Phi) is 4.79. The number of ketones is 1. The number of hydrogen-bond donors (Lipinski definition) is 2. The second-order valence-electron chi connectivity index (χ2n) is 6.45. The van der Waals surface area contributed by atoms with Crippen molar-refractivity contribution in [1.29, 1.82) is 0 Å². The monoisotopic (exact) mass is 319 g/mol. The summed E-state index contributed by atoms with van der Waals surface area (Å²) < 4.78 is 0. The molecule has 1 aromatic rings. The molecule has 0 aliphatic carbocycles. The first kappa shape index (κ1) is 16.2. The summed E-state index contributed by atoms with van der Waals surface area (Å²) in [4.78, 5) is 31.1. The summed E-state index contributed by atoms with van der Waals surface area (Å²) in [6.07, 6.45) is 3.83. The van der Waals surface area contributed by atoms with Gasteiger partial charge in [0, 0.05) is 58.4 Å². The van der Waals surface area contributed by atoms with E-state index >= 15 is 0 Å². The van der Waals surface area contributed by atoms with E-state index in [4.69, 9.17) is 5.84 Å². The molecule has 2 aliphatic rings. The van der Waals surface area contributed by atoms with Crippen molar-refractivity contribution in [2.24, 2.45) is 5.84 Å². The number of amides is 1. The third kappa shape index (κ3) is 3.63. The first-order valence-corrected chi connectivity index (χ1v) is 8.27. The number of carbonyl (C=O) groups is 2. The zero-order valence-corrected chi connectivity index (χ0v) is 13.6. The van der Waals surface area contributed by atoms with E-state index in [-0.39, 0.29) is 11.7 Å². The lowest BCUT2D eigenvalue weighted by Gasteiger charge is -2.42. The van der Waals surface area contributed by atoms with Crippen molar-refractivity contribution in [3.63, 3.8) is 0 Å². The van der Waals surface area contributed by atoms with E-state index in [9.17, 15) is 9.59 Å². The van der Waals surface area contributed by atoms with E-state index in [2.05, 4.69) is 9.88 Å². The number of Topliss-reactive ketones (excluding diaryl/α,β-unsaturated/α-hetero) is 1. The highest BCUT2D eigenvalue weighted by Gasteiger charge is 2.28. The molecular formula is C16H25N5O2. The molecule has 3 rings (SSSR count). The highest BCUT2D eigenvalue weighted by molar-refractivity contribution is 5.99. The average Bonchev–Trinajstić information content (AvgIpc) is 3.05. The van der Waals surface area contributed by atoms with Crippen LogP contribution in [-0.2, 0) is 0 Å². The SMILES string of the molecule is CC(=O)c1cc(C(=O)N2CCN(C3CCN(N)CC3)CC2)c[nH]1. The summed E-state index contributed by atoms with van der Waals surface area (Å²) >= 11 is 0. The summed E-state index contributed by atoms with van der Waals surface area (Å²) in [6, 6.07) is 2.23. The molecule has 7 nitrogen and oxygen atoms in total. The van der Waals surface area contributed by atoms with Crippen LogP contribution in [0.1, 0.15) is 40.6 Å². The summed E-state index contributed by atoms with van der Waals surface area (Å²) in [6.45, 7) is 6.67. The fourth-order valence-electron chi connectivity index (χ4n) is 3.44. The molecular weight excluding hydrogens is 294 g/mol. The van der Waals surface area contributed by atoms with E-state index < -0.39 is 0 Å².